The van der Waals surface area contributed by atoms with E-state index in [0.717, 1.165) is 36.3 Å². The molecule has 0 saturated carbocycles. The zero-order chi connectivity index (χ0) is 16.5. The molecule has 0 radical (unpaired) electrons. The highest BCUT2D eigenvalue weighted by atomic mass is 16.5. The number of carbonyl (C=O) groups excluding carboxylic acids is 1. The molecule has 0 bridgehead atoms. The maximum atomic E-state index is 12.5. The number of pyridine rings is 1. The van der Waals surface area contributed by atoms with Crippen LogP contribution in [0.4, 0.5) is 5.95 Å². The monoisotopic (exact) mass is 323 g/mol. The summed E-state index contributed by atoms with van der Waals surface area (Å²) in [6.07, 6.45) is 2.48. The van der Waals surface area contributed by atoms with Gasteiger partial charge < -0.3 is 15.0 Å². The number of amides is 1. The van der Waals surface area contributed by atoms with Crippen LogP contribution in [0.3, 0.4) is 0 Å². The number of methoxy groups -OCH3 is 1. The summed E-state index contributed by atoms with van der Waals surface area (Å²) in [5, 5.41) is 6.05. The lowest BCUT2D eigenvalue weighted by atomic mass is 10.0. The van der Waals surface area contributed by atoms with Crippen molar-refractivity contribution in [3.63, 3.8) is 0 Å². The quantitative estimate of drug-likeness (QED) is 0.684. The minimum Gasteiger partial charge on any atom is -0.494 e. The molecular formula is C17H17N5O2. The largest absolute Gasteiger partial charge is 0.494 e. The van der Waals surface area contributed by atoms with Crippen LogP contribution in [0.2, 0.25) is 0 Å². The first-order chi connectivity index (χ1) is 11.7. The number of nitrogens with one attached hydrogen (secondary N) is 3. The van der Waals surface area contributed by atoms with Crippen molar-refractivity contribution < 1.29 is 9.53 Å². The van der Waals surface area contributed by atoms with Gasteiger partial charge in [-0.2, -0.15) is 0 Å². The minimum atomic E-state index is -0.234. The highest BCUT2D eigenvalue weighted by Gasteiger charge is 2.15. The molecule has 3 N–H and O–H groups in total. The van der Waals surface area contributed by atoms with E-state index in [0.29, 0.717) is 22.8 Å². The summed E-state index contributed by atoms with van der Waals surface area (Å²) in [6.45, 7) is 1.66. The fourth-order valence-electron chi connectivity index (χ4n) is 2.88. The van der Waals surface area contributed by atoms with E-state index in [1.54, 1.807) is 13.3 Å². The summed E-state index contributed by atoms with van der Waals surface area (Å²) in [5.74, 6) is 0.813. The van der Waals surface area contributed by atoms with Gasteiger partial charge in [-0.1, -0.05) is 6.07 Å². The van der Waals surface area contributed by atoms with Gasteiger partial charge in [0.05, 0.1) is 23.9 Å². The van der Waals surface area contributed by atoms with E-state index in [1.165, 1.54) is 0 Å². The number of imidazole rings is 1. The van der Waals surface area contributed by atoms with Gasteiger partial charge in [0.25, 0.3) is 5.91 Å². The molecule has 1 aliphatic rings. The lowest BCUT2D eigenvalue weighted by Crippen LogP contribution is -2.25. The molecule has 0 spiro atoms. The number of hydrogen-bond acceptors (Lipinski definition) is 5. The van der Waals surface area contributed by atoms with Crippen LogP contribution < -0.4 is 15.4 Å². The molecule has 0 unspecified atom stereocenters. The Labute approximate surface area is 138 Å². The summed E-state index contributed by atoms with van der Waals surface area (Å²) < 4.78 is 5.28. The number of para-hydroxylation sites is 1. The van der Waals surface area contributed by atoms with E-state index in [4.69, 9.17) is 4.74 Å². The summed E-state index contributed by atoms with van der Waals surface area (Å²) in [6, 6.07) is 7.48. The fraction of sp³-hybridized carbons (Fsp3) is 0.235. The van der Waals surface area contributed by atoms with E-state index >= 15 is 0 Å². The molecule has 3 heterocycles. The van der Waals surface area contributed by atoms with E-state index < -0.39 is 0 Å². The molecule has 24 heavy (non-hydrogen) atoms. The molecular weight excluding hydrogens is 306 g/mol. The normalized spacial score (nSPS) is 13.5. The van der Waals surface area contributed by atoms with Crippen molar-refractivity contribution in [2.24, 2.45) is 0 Å². The van der Waals surface area contributed by atoms with E-state index in [-0.39, 0.29) is 5.91 Å². The first-order valence-corrected chi connectivity index (χ1v) is 7.77. The van der Waals surface area contributed by atoms with Crippen LogP contribution in [0.25, 0.3) is 11.0 Å². The van der Waals surface area contributed by atoms with E-state index in [9.17, 15) is 4.79 Å². The number of ether oxygens (including phenoxy) is 1. The van der Waals surface area contributed by atoms with Crippen LogP contribution in [0.1, 0.15) is 21.6 Å². The van der Waals surface area contributed by atoms with Crippen molar-refractivity contribution in [3.8, 4) is 5.75 Å². The molecule has 1 aliphatic heterocycles. The minimum absolute atomic E-state index is 0.234. The smallest absolute Gasteiger partial charge is 0.259 e. The van der Waals surface area contributed by atoms with Crippen LogP contribution in [0.15, 0.2) is 30.5 Å². The fourth-order valence-corrected chi connectivity index (χ4v) is 2.88. The van der Waals surface area contributed by atoms with Gasteiger partial charge in [-0.15, -0.1) is 0 Å². The number of rotatable bonds is 3. The number of H-pyrrole nitrogens is 1. The average molecular weight is 323 g/mol. The van der Waals surface area contributed by atoms with Gasteiger partial charge in [0.2, 0.25) is 5.95 Å². The highest BCUT2D eigenvalue weighted by molar-refractivity contribution is 6.04. The Morgan fingerprint density at radius 2 is 2.29 bits per heavy atom. The molecule has 2 aromatic heterocycles. The molecule has 0 atom stereocenters. The average Bonchev–Trinajstić information content (AvgIpc) is 3.03. The molecule has 122 valence electrons. The number of aromatic amines is 1. The summed E-state index contributed by atoms with van der Waals surface area (Å²) in [5.41, 5.74) is 4.14. The first kappa shape index (κ1) is 14.6. The number of nitrogens with zero attached hydrogens (tertiary/aromatic N) is 2. The van der Waals surface area contributed by atoms with Gasteiger partial charge >= 0.3 is 0 Å². The van der Waals surface area contributed by atoms with Gasteiger partial charge in [-0.3, -0.25) is 15.1 Å². The standard InChI is InChI=1S/C17H17N5O2/c1-24-14-4-2-3-12-15(14)21-17(20-12)22-16(23)11-7-10-5-6-18-9-13(10)19-8-11/h2-4,7-8,18H,5-6,9H2,1H3,(H2,20,21,22,23). The van der Waals surface area contributed by atoms with Crippen LogP contribution in [-0.2, 0) is 13.0 Å². The Morgan fingerprint density at radius 1 is 1.38 bits per heavy atom. The Balaban J connectivity index is 1.60. The maximum absolute atomic E-state index is 12.5. The number of hydrogen-bond donors (Lipinski definition) is 3. The molecule has 4 rings (SSSR count). The lowest BCUT2D eigenvalue weighted by molar-refractivity contribution is 0.102. The van der Waals surface area contributed by atoms with Crippen LogP contribution in [0, 0.1) is 0 Å². The Hall–Kier alpha value is -2.93. The molecule has 1 aromatic carbocycles. The Bertz CT molecular complexity index is 918. The maximum Gasteiger partial charge on any atom is 0.259 e. The first-order valence-electron chi connectivity index (χ1n) is 7.77. The lowest BCUT2D eigenvalue weighted by Gasteiger charge is -2.16. The van der Waals surface area contributed by atoms with Crippen molar-refractivity contribution in [1.82, 2.24) is 20.3 Å². The van der Waals surface area contributed by atoms with Crippen molar-refractivity contribution in [3.05, 3.63) is 47.3 Å². The molecule has 0 aliphatic carbocycles. The van der Waals surface area contributed by atoms with Crippen molar-refractivity contribution in [2.45, 2.75) is 13.0 Å². The number of benzene rings is 1. The summed E-state index contributed by atoms with van der Waals surface area (Å²) in [4.78, 5) is 24.3. The highest BCUT2D eigenvalue weighted by Crippen LogP contribution is 2.24. The Kier molecular flexibility index (Phi) is 3.62. The van der Waals surface area contributed by atoms with Crippen molar-refractivity contribution in [1.29, 1.82) is 0 Å². The second-order valence-electron chi connectivity index (χ2n) is 5.65. The van der Waals surface area contributed by atoms with Gasteiger partial charge in [0.1, 0.15) is 11.3 Å². The third-order valence-electron chi connectivity index (χ3n) is 4.11. The van der Waals surface area contributed by atoms with Gasteiger partial charge in [0.15, 0.2) is 0 Å². The number of fused-ring (bicyclic) bond motifs is 2. The summed E-state index contributed by atoms with van der Waals surface area (Å²) in [7, 11) is 1.59. The molecule has 7 heteroatoms. The number of aromatic nitrogens is 3. The molecule has 1 amide bonds. The van der Waals surface area contributed by atoms with E-state index in [2.05, 4.69) is 25.6 Å². The van der Waals surface area contributed by atoms with Crippen LogP contribution in [-0.4, -0.2) is 34.5 Å². The molecule has 7 nitrogen and oxygen atoms in total. The molecule has 0 fully saturated rings. The number of carbonyl (C=O) groups is 1. The topological polar surface area (TPSA) is 91.9 Å². The van der Waals surface area contributed by atoms with Gasteiger partial charge in [-0.05, 0) is 36.7 Å². The SMILES string of the molecule is COc1cccc2[nH]c(NC(=O)c3cnc4c(c3)CCNC4)nc12. The number of anilines is 1. The predicted molar refractivity (Wildman–Crippen MR) is 90.2 cm³/mol. The van der Waals surface area contributed by atoms with E-state index in [1.807, 2.05) is 24.3 Å². The van der Waals surface area contributed by atoms with Gasteiger partial charge in [-0.25, -0.2) is 4.98 Å². The molecule has 0 saturated heterocycles. The molecule has 3 aromatic rings. The predicted octanol–water partition coefficient (Wildman–Crippen LogP) is 1.86. The third-order valence-corrected chi connectivity index (χ3v) is 4.11. The second-order valence-corrected chi connectivity index (χ2v) is 5.65. The van der Waals surface area contributed by atoms with Crippen molar-refractivity contribution in [2.75, 3.05) is 19.0 Å². The zero-order valence-electron chi connectivity index (χ0n) is 13.2. The Morgan fingerprint density at radius 3 is 3.17 bits per heavy atom. The van der Waals surface area contributed by atoms with Gasteiger partial charge in [0, 0.05) is 12.7 Å². The van der Waals surface area contributed by atoms with Crippen LogP contribution >= 0.6 is 0 Å². The summed E-state index contributed by atoms with van der Waals surface area (Å²) >= 11 is 0. The van der Waals surface area contributed by atoms with Crippen LogP contribution in [0.5, 0.6) is 5.75 Å². The second kappa shape index (κ2) is 5.93. The van der Waals surface area contributed by atoms with Crippen molar-refractivity contribution >= 4 is 22.9 Å². The third kappa shape index (κ3) is 2.59. The zero-order valence-corrected chi connectivity index (χ0v) is 13.2.